The smallest absolute Gasteiger partial charge is 0.251 e. The maximum atomic E-state index is 11.6. The Kier molecular flexibility index (Phi) is 4.17. The zero-order valence-corrected chi connectivity index (χ0v) is 12.2. The van der Waals surface area contributed by atoms with Crippen molar-refractivity contribution < 1.29 is 13.2 Å². The van der Waals surface area contributed by atoms with Gasteiger partial charge in [-0.3, -0.25) is 4.79 Å². The Bertz CT molecular complexity index is 613. The second-order valence-electron chi connectivity index (χ2n) is 5.03. The molecule has 1 aromatic rings. The van der Waals surface area contributed by atoms with Crippen molar-refractivity contribution in [3.05, 3.63) is 23.8 Å². The summed E-state index contributed by atoms with van der Waals surface area (Å²) < 4.78 is 22.8. The van der Waals surface area contributed by atoms with E-state index in [0.29, 0.717) is 29.9 Å². The highest BCUT2D eigenvalue weighted by atomic mass is 32.2. The Labute approximate surface area is 118 Å². The van der Waals surface area contributed by atoms with Crippen LogP contribution in [0.1, 0.15) is 16.8 Å². The van der Waals surface area contributed by atoms with Crippen LogP contribution in [0.4, 0.5) is 11.4 Å². The molecule has 4 N–H and O–H groups in total. The molecule has 1 amide bonds. The second kappa shape index (κ2) is 5.70. The van der Waals surface area contributed by atoms with Gasteiger partial charge in [-0.15, -0.1) is 0 Å². The highest BCUT2D eigenvalue weighted by molar-refractivity contribution is 7.91. The topological polar surface area (TPSA) is 101 Å². The summed E-state index contributed by atoms with van der Waals surface area (Å²) in [6.45, 7) is 0.542. The van der Waals surface area contributed by atoms with E-state index in [-0.39, 0.29) is 23.3 Å². The molecule has 0 radical (unpaired) electrons. The number of sulfone groups is 1. The van der Waals surface area contributed by atoms with E-state index in [2.05, 4.69) is 10.6 Å². The summed E-state index contributed by atoms with van der Waals surface area (Å²) in [6.07, 6.45) is 0.671. The molecule has 0 bridgehead atoms. The van der Waals surface area contributed by atoms with Gasteiger partial charge in [0.2, 0.25) is 0 Å². The minimum Gasteiger partial charge on any atom is -0.397 e. The van der Waals surface area contributed by atoms with Crippen molar-refractivity contribution in [2.45, 2.75) is 6.42 Å². The van der Waals surface area contributed by atoms with Crippen molar-refractivity contribution in [3.63, 3.8) is 0 Å². The Morgan fingerprint density at radius 3 is 2.80 bits per heavy atom. The molecule has 110 valence electrons. The van der Waals surface area contributed by atoms with Gasteiger partial charge in [0.1, 0.15) is 0 Å². The summed E-state index contributed by atoms with van der Waals surface area (Å²) in [6, 6.07) is 5.00. The molecule has 6 nitrogen and oxygen atoms in total. The molecule has 20 heavy (non-hydrogen) atoms. The van der Waals surface area contributed by atoms with Crippen molar-refractivity contribution in [2.24, 2.45) is 5.92 Å². The number of nitrogen functional groups attached to an aromatic ring is 1. The molecule has 1 aromatic carbocycles. The highest BCUT2D eigenvalue weighted by Crippen LogP contribution is 2.23. The predicted octanol–water partition coefficient (Wildman–Crippen LogP) is 0.475. The summed E-state index contributed by atoms with van der Waals surface area (Å²) in [5.41, 5.74) is 7.58. The average Bonchev–Trinajstić information content (AvgIpc) is 2.76. The number of nitrogens with one attached hydrogen (secondary N) is 2. The van der Waals surface area contributed by atoms with Gasteiger partial charge in [0.05, 0.1) is 22.9 Å². The van der Waals surface area contributed by atoms with E-state index in [1.165, 1.54) is 0 Å². The average molecular weight is 297 g/mol. The van der Waals surface area contributed by atoms with E-state index in [1.54, 1.807) is 25.2 Å². The van der Waals surface area contributed by atoms with Gasteiger partial charge in [0.25, 0.3) is 5.91 Å². The Morgan fingerprint density at radius 1 is 1.45 bits per heavy atom. The second-order valence-corrected chi connectivity index (χ2v) is 7.26. The lowest BCUT2D eigenvalue weighted by molar-refractivity contribution is 0.0963. The molecule has 0 aliphatic carbocycles. The molecular formula is C13H19N3O3S. The number of amides is 1. The lowest BCUT2D eigenvalue weighted by Crippen LogP contribution is -2.19. The van der Waals surface area contributed by atoms with Gasteiger partial charge in [0.15, 0.2) is 9.84 Å². The Morgan fingerprint density at radius 2 is 2.20 bits per heavy atom. The number of carbonyl (C=O) groups excluding carboxylic acids is 1. The summed E-state index contributed by atoms with van der Waals surface area (Å²) in [7, 11) is -1.31. The highest BCUT2D eigenvalue weighted by Gasteiger charge is 2.27. The van der Waals surface area contributed by atoms with Crippen LogP contribution in [0.15, 0.2) is 18.2 Å². The van der Waals surface area contributed by atoms with Crippen LogP contribution in [-0.2, 0) is 9.84 Å². The molecular weight excluding hydrogens is 278 g/mol. The Balaban J connectivity index is 2.04. The first-order valence-corrected chi connectivity index (χ1v) is 8.29. The third-order valence-electron chi connectivity index (χ3n) is 3.45. The number of hydrogen-bond acceptors (Lipinski definition) is 5. The molecule has 1 aliphatic rings. The number of hydrogen-bond donors (Lipinski definition) is 3. The van der Waals surface area contributed by atoms with Gasteiger partial charge in [-0.05, 0) is 30.5 Å². The van der Waals surface area contributed by atoms with E-state index < -0.39 is 9.84 Å². The van der Waals surface area contributed by atoms with Gasteiger partial charge >= 0.3 is 0 Å². The standard InChI is InChI=1S/C13H19N3O3S/c1-15-13(17)10-2-3-11(14)12(6-10)16-7-9-4-5-20(18,19)8-9/h2-3,6,9,16H,4-5,7-8,14H2,1H3,(H,15,17). The molecule has 2 rings (SSSR count). The SMILES string of the molecule is CNC(=O)c1ccc(N)c(NCC2CCS(=O)(=O)C2)c1. The van der Waals surface area contributed by atoms with Crippen molar-refractivity contribution in [3.8, 4) is 0 Å². The third-order valence-corrected chi connectivity index (χ3v) is 5.29. The van der Waals surface area contributed by atoms with Crippen molar-refractivity contribution in [1.82, 2.24) is 5.32 Å². The maximum Gasteiger partial charge on any atom is 0.251 e. The first-order valence-electron chi connectivity index (χ1n) is 6.47. The summed E-state index contributed by atoms with van der Waals surface area (Å²) in [5, 5.41) is 5.69. The quantitative estimate of drug-likeness (QED) is 0.702. The molecule has 1 heterocycles. The number of carbonyl (C=O) groups is 1. The molecule has 1 saturated heterocycles. The number of nitrogens with two attached hydrogens (primary N) is 1. The monoisotopic (exact) mass is 297 g/mol. The van der Waals surface area contributed by atoms with Crippen molar-refractivity contribution >= 4 is 27.1 Å². The number of anilines is 2. The van der Waals surface area contributed by atoms with Crippen LogP contribution < -0.4 is 16.4 Å². The van der Waals surface area contributed by atoms with Crippen molar-refractivity contribution in [2.75, 3.05) is 36.1 Å². The van der Waals surface area contributed by atoms with Crippen LogP contribution in [0.2, 0.25) is 0 Å². The molecule has 1 fully saturated rings. The van der Waals surface area contributed by atoms with Gasteiger partial charge in [-0.2, -0.15) is 0 Å². The van der Waals surface area contributed by atoms with Gasteiger partial charge in [-0.25, -0.2) is 8.42 Å². The summed E-state index contributed by atoms with van der Waals surface area (Å²) in [4.78, 5) is 11.6. The fourth-order valence-electron chi connectivity index (χ4n) is 2.28. The van der Waals surface area contributed by atoms with Crippen LogP contribution in [0, 0.1) is 5.92 Å². The third kappa shape index (κ3) is 3.41. The minimum atomic E-state index is -2.87. The van der Waals surface area contributed by atoms with Crippen molar-refractivity contribution in [1.29, 1.82) is 0 Å². The summed E-state index contributed by atoms with van der Waals surface area (Å²) in [5.74, 6) is 0.391. The molecule has 0 spiro atoms. The predicted molar refractivity (Wildman–Crippen MR) is 79.5 cm³/mol. The first-order chi connectivity index (χ1) is 9.41. The minimum absolute atomic E-state index is 0.100. The van der Waals surface area contributed by atoms with Gasteiger partial charge in [0, 0.05) is 19.2 Å². The molecule has 0 saturated carbocycles. The lowest BCUT2D eigenvalue weighted by atomic mass is 10.1. The van der Waals surface area contributed by atoms with E-state index in [0.717, 1.165) is 0 Å². The lowest BCUT2D eigenvalue weighted by Gasteiger charge is -2.13. The fraction of sp³-hybridized carbons (Fsp3) is 0.462. The largest absolute Gasteiger partial charge is 0.397 e. The van der Waals surface area contributed by atoms with Gasteiger partial charge < -0.3 is 16.4 Å². The zero-order chi connectivity index (χ0) is 14.8. The fourth-order valence-corrected chi connectivity index (χ4v) is 4.14. The molecule has 1 aliphatic heterocycles. The van der Waals surface area contributed by atoms with Gasteiger partial charge in [-0.1, -0.05) is 0 Å². The normalized spacial score (nSPS) is 20.6. The molecule has 1 unspecified atom stereocenters. The van der Waals surface area contributed by atoms with E-state index in [9.17, 15) is 13.2 Å². The number of benzene rings is 1. The van der Waals surface area contributed by atoms with Crippen LogP contribution in [0.3, 0.4) is 0 Å². The van der Waals surface area contributed by atoms with Crippen LogP contribution in [0.25, 0.3) is 0 Å². The van der Waals surface area contributed by atoms with E-state index in [1.807, 2.05) is 0 Å². The molecule has 0 aromatic heterocycles. The molecule has 7 heteroatoms. The van der Waals surface area contributed by atoms with E-state index in [4.69, 9.17) is 5.73 Å². The number of rotatable bonds is 4. The van der Waals surface area contributed by atoms with Crippen LogP contribution >= 0.6 is 0 Å². The van der Waals surface area contributed by atoms with Crippen LogP contribution in [-0.4, -0.2) is 39.4 Å². The Hall–Kier alpha value is -1.76. The van der Waals surface area contributed by atoms with E-state index >= 15 is 0 Å². The molecule has 1 atom stereocenters. The first kappa shape index (κ1) is 14.6. The zero-order valence-electron chi connectivity index (χ0n) is 11.3. The van der Waals surface area contributed by atoms with Crippen LogP contribution in [0.5, 0.6) is 0 Å². The summed E-state index contributed by atoms with van der Waals surface area (Å²) >= 11 is 0. The maximum absolute atomic E-state index is 11.6.